The topological polar surface area (TPSA) is 118 Å². The van der Waals surface area contributed by atoms with Crippen LogP contribution in [0.15, 0.2) is 0 Å². The average Bonchev–Trinajstić information content (AvgIpc) is 2.73. The molecule has 92 valence electrons. The molecule has 3 unspecified atom stereocenters. The van der Waals surface area contributed by atoms with Crippen LogP contribution in [-0.2, 0) is 9.59 Å². The second-order valence-corrected chi connectivity index (χ2v) is 4.20. The quantitative estimate of drug-likeness (QED) is 0.450. The lowest BCUT2D eigenvalue weighted by molar-refractivity contribution is -0.128. The molecule has 0 aromatic heterocycles. The molecule has 1 rings (SSSR count). The third-order valence-corrected chi connectivity index (χ3v) is 3.10. The number of aliphatic hydroxyl groups is 1. The Balaban J connectivity index is 2.37. The molecule has 0 saturated heterocycles. The molecule has 0 aromatic carbocycles. The monoisotopic (exact) mass is 229 g/mol. The number of nitrogens with one attached hydrogen (secondary N) is 1. The Labute approximate surface area is 94.4 Å². The zero-order chi connectivity index (χ0) is 12.1. The number of amides is 2. The molecule has 2 amide bonds. The summed E-state index contributed by atoms with van der Waals surface area (Å²) in [7, 11) is 0. The molecule has 0 heterocycles. The first-order chi connectivity index (χ1) is 7.56. The fraction of sp³-hybridized carbons (Fsp3) is 0.800. The summed E-state index contributed by atoms with van der Waals surface area (Å²) in [5.74, 6) is -0.855. The first kappa shape index (κ1) is 12.9. The normalized spacial score (nSPS) is 26.4. The molecule has 1 fully saturated rings. The van der Waals surface area contributed by atoms with Crippen LogP contribution in [0.4, 0.5) is 0 Å². The van der Waals surface area contributed by atoms with E-state index in [9.17, 15) is 9.59 Å². The second kappa shape index (κ2) is 5.81. The van der Waals surface area contributed by atoms with Gasteiger partial charge in [0, 0.05) is 5.92 Å². The van der Waals surface area contributed by atoms with E-state index in [0.29, 0.717) is 6.54 Å². The van der Waals surface area contributed by atoms with E-state index in [4.69, 9.17) is 16.6 Å². The van der Waals surface area contributed by atoms with Crippen LogP contribution in [0, 0.1) is 11.8 Å². The van der Waals surface area contributed by atoms with Gasteiger partial charge in [-0.15, -0.1) is 0 Å². The summed E-state index contributed by atoms with van der Waals surface area (Å²) in [6.07, 6.45) is 1.47. The van der Waals surface area contributed by atoms with Gasteiger partial charge >= 0.3 is 0 Å². The molecule has 1 aliphatic rings. The molecule has 0 spiro atoms. The maximum absolute atomic E-state index is 11.7. The smallest absolute Gasteiger partial charge is 0.248 e. The van der Waals surface area contributed by atoms with Crippen molar-refractivity contribution in [2.75, 3.05) is 13.1 Å². The third kappa shape index (κ3) is 3.18. The van der Waals surface area contributed by atoms with Crippen molar-refractivity contribution in [1.82, 2.24) is 5.32 Å². The van der Waals surface area contributed by atoms with Crippen LogP contribution in [0.2, 0.25) is 0 Å². The highest BCUT2D eigenvalue weighted by molar-refractivity contribution is 5.82. The van der Waals surface area contributed by atoms with E-state index >= 15 is 0 Å². The van der Waals surface area contributed by atoms with Crippen LogP contribution in [-0.4, -0.2) is 36.1 Å². The van der Waals surface area contributed by atoms with Crippen LogP contribution >= 0.6 is 0 Å². The number of hydrogen-bond acceptors (Lipinski definition) is 4. The van der Waals surface area contributed by atoms with Gasteiger partial charge in [-0.25, -0.2) is 0 Å². The van der Waals surface area contributed by atoms with E-state index in [0.717, 1.165) is 19.3 Å². The number of nitrogens with two attached hydrogens (primary N) is 2. The summed E-state index contributed by atoms with van der Waals surface area (Å²) in [6.45, 7) is 0.373. The van der Waals surface area contributed by atoms with Crippen molar-refractivity contribution in [3.8, 4) is 0 Å². The molecule has 6 nitrogen and oxygen atoms in total. The van der Waals surface area contributed by atoms with Gasteiger partial charge in [0.15, 0.2) is 0 Å². The van der Waals surface area contributed by atoms with Gasteiger partial charge in [0.2, 0.25) is 11.8 Å². The van der Waals surface area contributed by atoms with Gasteiger partial charge in [0.1, 0.15) is 6.10 Å². The molecular formula is C10H19N3O3. The van der Waals surface area contributed by atoms with Gasteiger partial charge in [-0.3, -0.25) is 9.59 Å². The Morgan fingerprint density at radius 3 is 2.69 bits per heavy atom. The van der Waals surface area contributed by atoms with Crippen molar-refractivity contribution in [2.45, 2.75) is 25.4 Å². The minimum Gasteiger partial charge on any atom is -0.381 e. The number of aliphatic hydroxyl groups excluding tert-OH is 1. The van der Waals surface area contributed by atoms with Gasteiger partial charge in [-0.2, -0.15) is 0 Å². The lowest BCUT2D eigenvalue weighted by Crippen LogP contribution is -2.43. The number of carbonyl (C=O) groups excluding carboxylic acids is 2. The van der Waals surface area contributed by atoms with Crippen LogP contribution in [0.25, 0.3) is 0 Å². The molecule has 6 N–H and O–H groups in total. The summed E-state index contributed by atoms with van der Waals surface area (Å²) in [4.78, 5) is 22.3. The lowest BCUT2D eigenvalue weighted by Gasteiger charge is -2.18. The molecule has 1 saturated carbocycles. The van der Waals surface area contributed by atoms with Gasteiger partial charge in [0.25, 0.3) is 0 Å². The van der Waals surface area contributed by atoms with Gasteiger partial charge in [-0.1, -0.05) is 6.42 Å². The highest BCUT2D eigenvalue weighted by atomic mass is 16.3. The molecule has 16 heavy (non-hydrogen) atoms. The summed E-state index contributed by atoms with van der Waals surface area (Å²) < 4.78 is 0. The van der Waals surface area contributed by atoms with E-state index in [1.54, 1.807) is 0 Å². The Morgan fingerprint density at radius 2 is 2.12 bits per heavy atom. The molecule has 0 aliphatic heterocycles. The van der Waals surface area contributed by atoms with Crippen molar-refractivity contribution < 1.29 is 14.7 Å². The molecule has 1 aliphatic carbocycles. The zero-order valence-corrected chi connectivity index (χ0v) is 9.19. The molecule has 0 bridgehead atoms. The Morgan fingerprint density at radius 1 is 1.44 bits per heavy atom. The van der Waals surface area contributed by atoms with E-state index < -0.39 is 12.0 Å². The van der Waals surface area contributed by atoms with Crippen LogP contribution in [0.3, 0.4) is 0 Å². The second-order valence-electron chi connectivity index (χ2n) is 4.20. The van der Waals surface area contributed by atoms with E-state index in [1.807, 2.05) is 0 Å². The van der Waals surface area contributed by atoms with Crippen LogP contribution < -0.4 is 16.8 Å². The Bertz CT molecular complexity index is 270. The maximum atomic E-state index is 11.7. The highest BCUT2D eigenvalue weighted by Crippen LogP contribution is 2.30. The molecule has 6 heteroatoms. The van der Waals surface area contributed by atoms with Crippen LogP contribution in [0.1, 0.15) is 19.3 Å². The van der Waals surface area contributed by atoms with Crippen molar-refractivity contribution in [3.63, 3.8) is 0 Å². The molecule has 0 aromatic rings. The predicted octanol–water partition coefficient (Wildman–Crippen LogP) is -1.68. The first-order valence-electron chi connectivity index (χ1n) is 5.51. The molecule has 3 atom stereocenters. The molecule has 0 radical (unpaired) electrons. The first-order valence-corrected chi connectivity index (χ1v) is 5.51. The standard InChI is InChI=1S/C10H19N3O3/c11-4-6-2-1-3-7(6)10(16)13-5-8(14)9(12)15/h6-8,14H,1-5,11H2,(H2,12,15)(H,13,16). The van der Waals surface area contributed by atoms with Crippen molar-refractivity contribution in [3.05, 3.63) is 0 Å². The molecular weight excluding hydrogens is 210 g/mol. The average molecular weight is 229 g/mol. The van der Waals surface area contributed by atoms with Crippen molar-refractivity contribution in [1.29, 1.82) is 0 Å². The predicted molar refractivity (Wildman–Crippen MR) is 58.1 cm³/mol. The van der Waals surface area contributed by atoms with Gasteiger partial charge in [0.05, 0.1) is 6.54 Å². The summed E-state index contributed by atoms with van der Waals surface area (Å²) in [5.41, 5.74) is 10.4. The van der Waals surface area contributed by atoms with Gasteiger partial charge < -0.3 is 21.9 Å². The zero-order valence-electron chi connectivity index (χ0n) is 9.19. The van der Waals surface area contributed by atoms with E-state index in [-0.39, 0.29) is 24.3 Å². The van der Waals surface area contributed by atoms with E-state index in [2.05, 4.69) is 5.32 Å². The fourth-order valence-electron chi connectivity index (χ4n) is 2.09. The third-order valence-electron chi connectivity index (χ3n) is 3.10. The SMILES string of the molecule is NCC1CCCC1C(=O)NCC(O)C(N)=O. The number of rotatable bonds is 5. The largest absolute Gasteiger partial charge is 0.381 e. The summed E-state index contributed by atoms with van der Waals surface area (Å²) >= 11 is 0. The number of carbonyl (C=O) groups is 2. The maximum Gasteiger partial charge on any atom is 0.248 e. The van der Waals surface area contributed by atoms with E-state index in [1.165, 1.54) is 0 Å². The number of hydrogen-bond donors (Lipinski definition) is 4. The fourth-order valence-corrected chi connectivity index (χ4v) is 2.09. The minimum atomic E-state index is -1.32. The lowest BCUT2D eigenvalue weighted by atomic mass is 9.95. The Hall–Kier alpha value is -1.14. The van der Waals surface area contributed by atoms with Crippen LogP contribution in [0.5, 0.6) is 0 Å². The summed E-state index contributed by atoms with van der Waals surface area (Å²) in [5, 5.41) is 11.7. The Kier molecular flexibility index (Phi) is 4.70. The van der Waals surface area contributed by atoms with Gasteiger partial charge in [-0.05, 0) is 25.3 Å². The summed E-state index contributed by atoms with van der Waals surface area (Å²) in [6, 6.07) is 0. The minimum absolute atomic E-state index is 0.0925. The highest BCUT2D eigenvalue weighted by Gasteiger charge is 2.32. The van der Waals surface area contributed by atoms with Crippen molar-refractivity contribution in [2.24, 2.45) is 23.3 Å². The van der Waals surface area contributed by atoms with Crippen molar-refractivity contribution >= 4 is 11.8 Å². The number of primary amides is 1.